The minimum absolute atomic E-state index is 0.282. The van der Waals surface area contributed by atoms with Crippen molar-refractivity contribution in [1.29, 1.82) is 0 Å². The van der Waals surface area contributed by atoms with Crippen molar-refractivity contribution < 1.29 is 14.4 Å². The predicted molar refractivity (Wildman–Crippen MR) is 129 cm³/mol. The number of aryl methyl sites for hydroxylation is 1. The number of aromatic nitrogens is 1. The van der Waals surface area contributed by atoms with E-state index in [1.54, 1.807) is 23.5 Å². The molecule has 1 spiro atoms. The monoisotopic (exact) mass is 462 g/mol. The molecule has 2 heterocycles. The Bertz CT molecular complexity index is 1240. The number of nitrogens with one attached hydrogen (secondary N) is 2. The highest BCUT2D eigenvalue weighted by Crippen LogP contribution is 2.36. The van der Waals surface area contributed by atoms with Crippen LogP contribution in [0.15, 0.2) is 42.5 Å². The molecule has 2 N–H and O–H groups in total. The van der Waals surface area contributed by atoms with Gasteiger partial charge < -0.3 is 10.6 Å². The zero-order valence-electron chi connectivity index (χ0n) is 18.7. The third-order valence-corrected chi connectivity index (χ3v) is 7.70. The average molecular weight is 463 g/mol. The van der Waals surface area contributed by atoms with Gasteiger partial charge in [0.05, 0.1) is 10.2 Å². The number of nitrogens with zero attached hydrogens (tertiary/aromatic N) is 2. The van der Waals surface area contributed by atoms with Gasteiger partial charge in [0.25, 0.3) is 5.91 Å². The third-order valence-electron chi connectivity index (χ3n) is 6.63. The van der Waals surface area contributed by atoms with Gasteiger partial charge in [-0.25, -0.2) is 9.78 Å². The third kappa shape index (κ3) is 4.11. The molecule has 2 fully saturated rings. The van der Waals surface area contributed by atoms with Gasteiger partial charge in [0.1, 0.15) is 17.1 Å². The maximum atomic E-state index is 12.9. The second-order valence-electron chi connectivity index (χ2n) is 9.20. The Hall–Kier alpha value is -3.26. The molecular weight excluding hydrogens is 436 g/mol. The van der Waals surface area contributed by atoms with Crippen LogP contribution in [0.25, 0.3) is 20.8 Å². The summed E-state index contributed by atoms with van der Waals surface area (Å²) in [5, 5.41) is 6.56. The highest BCUT2D eigenvalue weighted by Gasteiger charge is 2.52. The molecule has 0 unspecified atom stereocenters. The zero-order chi connectivity index (χ0) is 23.2. The molecule has 0 bridgehead atoms. The average Bonchev–Trinajstić information content (AvgIpc) is 3.31. The van der Waals surface area contributed by atoms with Crippen molar-refractivity contribution in [1.82, 2.24) is 15.2 Å². The van der Waals surface area contributed by atoms with Crippen LogP contribution in [-0.4, -0.2) is 39.8 Å². The van der Waals surface area contributed by atoms with E-state index in [0.29, 0.717) is 24.4 Å². The van der Waals surface area contributed by atoms with Gasteiger partial charge >= 0.3 is 6.03 Å². The Morgan fingerprint density at radius 2 is 1.91 bits per heavy atom. The van der Waals surface area contributed by atoms with E-state index in [-0.39, 0.29) is 12.5 Å². The summed E-state index contributed by atoms with van der Waals surface area (Å²) in [6.07, 6.45) is 3.05. The molecule has 8 heteroatoms. The van der Waals surface area contributed by atoms with E-state index >= 15 is 0 Å². The molecule has 1 aromatic heterocycles. The maximum Gasteiger partial charge on any atom is 0.325 e. The minimum Gasteiger partial charge on any atom is -0.325 e. The molecule has 1 saturated heterocycles. The van der Waals surface area contributed by atoms with Gasteiger partial charge in [0.15, 0.2) is 0 Å². The highest BCUT2D eigenvalue weighted by molar-refractivity contribution is 7.21. The van der Waals surface area contributed by atoms with Crippen LogP contribution >= 0.6 is 11.3 Å². The molecule has 5 rings (SSSR count). The number of anilines is 1. The van der Waals surface area contributed by atoms with E-state index in [2.05, 4.69) is 35.5 Å². The molecule has 3 aromatic rings. The lowest BCUT2D eigenvalue weighted by molar-refractivity contribution is -0.135. The molecule has 0 atom stereocenters. The van der Waals surface area contributed by atoms with Crippen molar-refractivity contribution in [3.05, 3.63) is 48.0 Å². The first-order valence-corrected chi connectivity index (χ1v) is 12.1. The van der Waals surface area contributed by atoms with E-state index in [1.165, 1.54) is 5.56 Å². The van der Waals surface area contributed by atoms with Gasteiger partial charge in [0.2, 0.25) is 5.91 Å². The number of thiazole rings is 1. The Morgan fingerprint density at radius 3 is 2.64 bits per heavy atom. The fraction of sp³-hybridized carbons (Fsp3) is 0.360. The summed E-state index contributed by atoms with van der Waals surface area (Å²) in [6, 6.07) is 13.1. The number of rotatable bonds is 4. The zero-order valence-corrected chi connectivity index (χ0v) is 19.5. The van der Waals surface area contributed by atoms with Crippen molar-refractivity contribution in [3.63, 3.8) is 0 Å². The number of hydrogen-bond acceptors (Lipinski definition) is 5. The fourth-order valence-corrected chi connectivity index (χ4v) is 5.68. The second-order valence-corrected chi connectivity index (χ2v) is 10.2. The van der Waals surface area contributed by atoms with Gasteiger partial charge in [0, 0.05) is 11.3 Å². The first-order valence-electron chi connectivity index (χ1n) is 11.2. The Labute approximate surface area is 196 Å². The van der Waals surface area contributed by atoms with Gasteiger partial charge in [-0.2, -0.15) is 0 Å². The molecular formula is C25H26N4O3S. The largest absolute Gasteiger partial charge is 0.325 e. The summed E-state index contributed by atoms with van der Waals surface area (Å²) >= 11 is 1.63. The van der Waals surface area contributed by atoms with Gasteiger partial charge in [-0.15, -0.1) is 11.3 Å². The van der Waals surface area contributed by atoms with Crippen LogP contribution in [0.5, 0.6) is 0 Å². The van der Waals surface area contributed by atoms with Gasteiger partial charge in [-0.1, -0.05) is 13.0 Å². The van der Waals surface area contributed by atoms with E-state index in [0.717, 1.165) is 38.5 Å². The Kier molecular flexibility index (Phi) is 5.40. The molecule has 1 saturated carbocycles. The Morgan fingerprint density at radius 1 is 1.18 bits per heavy atom. The first kappa shape index (κ1) is 21.6. The number of carbonyl (C=O) groups excluding carboxylic acids is 3. The lowest BCUT2D eigenvalue weighted by atomic mass is 9.77. The van der Waals surface area contributed by atoms with Crippen LogP contribution in [0, 0.1) is 12.8 Å². The molecule has 1 aliphatic carbocycles. The summed E-state index contributed by atoms with van der Waals surface area (Å²) in [7, 11) is 0. The molecule has 2 aliphatic rings. The van der Waals surface area contributed by atoms with E-state index < -0.39 is 17.5 Å². The standard InChI is InChI=1S/C25H26N4O3S/c1-15-9-11-25(12-10-15)23(31)29(24(32)28-25)14-21(30)26-18-6-4-17(5-7-18)22-27-19-8-3-16(2)13-20(19)33-22/h3-8,13,15H,9-12,14H2,1-2H3,(H,26,30)(H,28,32). The molecule has 7 nitrogen and oxygen atoms in total. The van der Waals surface area contributed by atoms with Crippen LogP contribution in [0.3, 0.4) is 0 Å². The van der Waals surface area contributed by atoms with Gasteiger partial charge in [-0.05, 0) is 80.5 Å². The summed E-state index contributed by atoms with van der Waals surface area (Å²) in [4.78, 5) is 43.7. The number of urea groups is 1. The summed E-state index contributed by atoms with van der Waals surface area (Å²) in [5.74, 6) is -0.133. The summed E-state index contributed by atoms with van der Waals surface area (Å²) < 4.78 is 1.14. The number of benzene rings is 2. The molecule has 4 amide bonds. The van der Waals surface area contributed by atoms with Crippen LogP contribution in [0.4, 0.5) is 10.5 Å². The quantitative estimate of drug-likeness (QED) is 0.549. The number of imide groups is 1. The highest BCUT2D eigenvalue weighted by atomic mass is 32.1. The molecule has 0 radical (unpaired) electrons. The van der Waals surface area contributed by atoms with Crippen LogP contribution in [-0.2, 0) is 9.59 Å². The minimum atomic E-state index is -0.832. The number of hydrogen-bond donors (Lipinski definition) is 2. The second kappa shape index (κ2) is 8.26. The lowest BCUT2D eigenvalue weighted by Gasteiger charge is -2.33. The van der Waals surface area contributed by atoms with Crippen LogP contribution in [0.2, 0.25) is 0 Å². The lowest BCUT2D eigenvalue weighted by Crippen LogP contribution is -2.49. The van der Waals surface area contributed by atoms with E-state index in [4.69, 9.17) is 0 Å². The summed E-state index contributed by atoms with van der Waals surface area (Å²) in [6.45, 7) is 3.93. The maximum absolute atomic E-state index is 12.9. The number of fused-ring (bicyclic) bond motifs is 1. The SMILES string of the molecule is Cc1ccc2nc(-c3ccc(NC(=O)CN4C(=O)NC5(CCC(C)CC5)C4=O)cc3)sc2c1. The molecule has 1 aliphatic heterocycles. The van der Waals surface area contributed by atoms with Crippen LogP contribution < -0.4 is 10.6 Å². The molecule has 170 valence electrons. The van der Waals surface area contributed by atoms with Crippen LogP contribution in [0.1, 0.15) is 38.2 Å². The van der Waals surface area contributed by atoms with E-state index in [9.17, 15) is 14.4 Å². The van der Waals surface area contributed by atoms with E-state index in [1.807, 2.05) is 24.3 Å². The van der Waals surface area contributed by atoms with Crippen molar-refractivity contribution in [2.75, 3.05) is 11.9 Å². The van der Waals surface area contributed by atoms with Crippen molar-refractivity contribution in [2.24, 2.45) is 5.92 Å². The normalized spacial score (nSPS) is 22.7. The van der Waals surface area contributed by atoms with Gasteiger partial charge in [-0.3, -0.25) is 14.5 Å². The molecule has 33 heavy (non-hydrogen) atoms. The smallest absolute Gasteiger partial charge is 0.325 e. The number of amides is 4. The van der Waals surface area contributed by atoms with Crippen molar-refractivity contribution in [3.8, 4) is 10.6 Å². The van der Waals surface area contributed by atoms with Crippen molar-refractivity contribution >= 4 is 45.1 Å². The topological polar surface area (TPSA) is 91.4 Å². The summed E-state index contributed by atoms with van der Waals surface area (Å²) in [5.41, 5.74) is 2.91. The molecule has 2 aromatic carbocycles. The predicted octanol–water partition coefficient (Wildman–Crippen LogP) is 4.71. The number of carbonyl (C=O) groups is 3. The first-order chi connectivity index (χ1) is 15.8. The van der Waals surface area contributed by atoms with Crippen molar-refractivity contribution in [2.45, 2.75) is 45.1 Å². The fourth-order valence-electron chi connectivity index (χ4n) is 4.61. The Balaban J connectivity index is 1.24.